The van der Waals surface area contributed by atoms with Gasteiger partial charge in [0.1, 0.15) is 0 Å². The number of benzene rings is 2. The molecule has 1 amide bonds. The zero-order chi connectivity index (χ0) is 21.9. The number of hydrogen-bond donors (Lipinski definition) is 1. The minimum Gasteiger partial charge on any atom is -0.478 e. The lowest BCUT2D eigenvalue weighted by molar-refractivity contribution is -0.122. The topological polar surface area (TPSA) is 75.4 Å². The van der Waals surface area contributed by atoms with Crippen molar-refractivity contribution in [2.24, 2.45) is 0 Å². The van der Waals surface area contributed by atoms with Crippen LogP contribution >= 0.6 is 23.2 Å². The first kappa shape index (κ1) is 20.1. The predicted molar refractivity (Wildman–Crippen MR) is 119 cm³/mol. The molecule has 0 radical (unpaired) electrons. The van der Waals surface area contributed by atoms with Gasteiger partial charge in [0.25, 0.3) is 0 Å². The standard InChI is InChI=1S/C23H19Cl2N3O3/c1-2-5-27-12-16(11-26-27)28-20-8-19(25)18(24)7-17(20)23(22(28)31)9-14-4-3-13(21(29)30)6-15(14)10-23/h3-4,6-8,11-12H,2,5,9-10H2,1H3,(H,29,30). The van der Waals surface area contributed by atoms with Gasteiger partial charge in [-0.1, -0.05) is 36.2 Å². The van der Waals surface area contributed by atoms with Crippen LogP contribution in [0, 0.1) is 0 Å². The van der Waals surface area contributed by atoms with Crippen molar-refractivity contribution in [2.75, 3.05) is 4.90 Å². The normalized spacial score (nSPS) is 19.2. The maximum Gasteiger partial charge on any atom is 0.335 e. The van der Waals surface area contributed by atoms with Gasteiger partial charge >= 0.3 is 5.97 Å². The van der Waals surface area contributed by atoms with Crippen LogP contribution in [0.2, 0.25) is 10.0 Å². The van der Waals surface area contributed by atoms with Gasteiger partial charge in [0.2, 0.25) is 5.91 Å². The summed E-state index contributed by atoms with van der Waals surface area (Å²) in [6.45, 7) is 2.82. The van der Waals surface area contributed by atoms with Crippen LogP contribution in [0.4, 0.5) is 11.4 Å². The zero-order valence-electron chi connectivity index (χ0n) is 16.7. The number of carboxylic acid groups (broad SMARTS) is 1. The number of amides is 1. The monoisotopic (exact) mass is 455 g/mol. The molecule has 0 saturated heterocycles. The second-order valence-corrected chi connectivity index (χ2v) is 8.92. The number of aromatic carboxylic acids is 1. The van der Waals surface area contributed by atoms with Crippen molar-refractivity contribution in [1.29, 1.82) is 0 Å². The first-order chi connectivity index (χ1) is 14.8. The van der Waals surface area contributed by atoms with Gasteiger partial charge < -0.3 is 5.11 Å². The molecule has 31 heavy (non-hydrogen) atoms. The fourth-order valence-corrected chi connectivity index (χ4v) is 5.09. The Hall–Kier alpha value is -2.83. The molecule has 0 saturated carbocycles. The summed E-state index contributed by atoms with van der Waals surface area (Å²) in [4.78, 5) is 27.1. The summed E-state index contributed by atoms with van der Waals surface area (Å²) < 4.78 is 1.81. The summed E-state index contributed by atoms with van der Waals surface area (Å²) >= 11 is 12.7. The van der Waals surface area contributed by atoms with Crippen LogP contribution in [-0.4, -0.2) is 26.8 Å². The molecule has 2 aliphatic rings. The Balaban J connectivity index is 1.65. The van der Waals surface area contributed by atoms with Gasteiger partial charge in [-0.3, -0.25) is 14.4 Å². The summed E-state index contributed by atoms with van der Waals surface area (Å²) in [6, 6.07) is 8.56. The summed E-state index contributed by atoms with van der Waals surface area (Å²) in [5.41, 5.74) is 3.39. The summed E-state index contributed by atoms with van der Waals surface area (Å²) in [5.74, 6) is -1.06. The number of hydrogen-bond acceptors (Lipinski definition) is 3. The van der Waals surface area contributed by atoms with Gasteiger partial charge in [0, 0.05) is 12.7 Å². The molecule has 1 aliphatic heterocycles. The molecule has 1 aromatic heterocycles. The zero-order valence-corrected chi connectivity index (χ0v) is 18.2. The fourth-order valence-electron chi connectivity index (χ4n) is 4.77. The maximum absolute atomic E-state index is 14.0. The summed E-state index contributed by atoms with van der Waals surface area (Å²) in [6.07, 6.45) is 5.36. The molecule has 3 aromatic rings. The van der Waals surface area contributed by atoms with E-state index in [4.69, 9.17) is 23.2 Å². The Labute approximate surface area is 189 Å². The van der Waals surface area contributed by atoms with E-state index in [-0.39, 0.29) is 11.5 Å². The van der Waals surface area contributed by atoms with E-state index in [1.807, 2.05) is 10.9 Å². The van der Waals surface area contributed by atoms with Crippen molar-refractivity contribution in [1.82, 2.24) is 9.78 Å². The Morgan fingerprint density at radius 3 is 2.65 bits per heavy atom. The van der Waals surface area contributed by atoms with E-state index >= 15 is 0 Å². The van der Waals surface area contributed by atoms with Crippen LogP contribution in [0.1, 0.15) is 40.4 Å². The highest BCUT2D eigenvalue weighted by Crippen LogP contribution is 2.53. The molecule has 6 nitrogen and oxygen atoms in total. The largest absolute Gasteiger partial charge is 0.478 e. The smallest absolute Gasteiger partial charge is 0.335 e. The first-order valence-corrected chi connectivity index (χ1v) is 10.8. The molecular formula is C23H19Cl2N3O3. The van der Waals surface area contributed by atoms with E-state index in [1.54, 1.807) is 41.4 Å². The first-order valence-electron chi connectivity index (χ1n) is 10.1. The number of carbonyl (C=O) groups excluding carboxylic acids is 1. The fraction of sp³-hybridized carbons (Fsp3) is 0.261. The number of halogens is 2. The molecule has 2 aromatic carbocycles. The average molecular weight is 456 g/mol. The lowest BCUT2D eigenvalue weighted by atomic mass is 9.79. The molecule has 2 heterocycles. The number of aryl methyl sites for hydroxylation is 1. The van der Waals surface area contributed by atoms with Crippen LogP contribution in [-0.2, 0) is 29.6 Å². The third kappa shape index (κ3) is 2.97. The average Bonchev–Trinajstić information content (AvgIpc) is 3.40. The van der Waals surface area contributed by atoms with Gasteiger partial charge in [-0.2, -0.15) is 5.10 Å². The molecule has 0 fully saturated rings. The second-order valence-electron chi connectivity index (χ2n) is 8.11. The van der Waals surface area contributed by atoms with E-state index in [2.05, 4.69) is 12.0 Å². The predicted octanol–water partition coefficient (Wildman–Crippen LogP) is 5.01. The van der Waals surface area contributed by atoms with E-state index in [1.165, 1.54) is 0 Å². The van der Waals surface area contributed by atoms with E-state index in [0.717, 1.165) is 29.7 Å². The van der Waals surface area contributed by atoms with Crippen molar-refractivity contribution >= 4 is 46.5 Å². The molecule has 0 bridgehead atoms. The number of carbonyl (C=O) groups is 2. The SMILES string of the molecule is CCCn1cc(N2C(=O)C3(Cc4ccc(C(=O)O)cc4C3)c3cc(Cl)c(Cl)cc32)cn1. The lowest BCUT2D eigenvalue weighted by Gasteiger charge is -2.23. The highest BCUT2D eigenvalue weighted by Gasteiger charge is 2.54. The van der Waals surface area contributed by atoms with E-state index < -0.39 is 11.4 Å². The van der Waals surface area contributed by atoms with Crippen molar-refractivity contribution in [3.8, 4) is 0 Å². The number of anilines is 2. The van der Waals surface area contributed by atoms with Gasteiger partial charge in [0.05, 0.1) is 38.6 Å². The molecule has 158 valence electrons. The molecule has 5 rings (SSSR count). The Bertz CT molecular complexity index is 1250. The molecule has 1 spiro atoms. The van der Waals surface area contributed by atoms with Gasteiger partial charge in [-0.25, -0.2) is 4.79 Å². The van der Waals surface area contributed by atoms with Crippen LogP contribution in [0.25, 0.3) is 0 Å². The molecule has 1 atom stereocenters. The van der Waals surface area contributed by atoms with Gasteiger partial charge in [-0.15, -0.1) is 0 Å². The van der Waals surface area contributed by atoms with Crippen LogP contribution < -0.4 is 4.90 Å². The number of fused-ring (bicyclic) bond motifs is 3. The molecule has 1 N–H and O–H groups in total. The minimum absolute atomic E-state index is 0.0787. The molecule has 8 heteroatoms. The number of rotatable bonds is 4. The van der Waals surface area contributed by atoms with Crippen LogP contribution in [0.15, 0.2) is 42.7 Å². The van der Waals surface area contributed by atoms with E-state index in [9.17, 15) is 14.7 Å². The van der Waals surface area contributed by atoms with Gasteiger partial charge in [0.15, 0.2) is 0 Å². The van der Waals surface area contributed by atoms with Crippen molar-refractivity contribution in [2.45, 2.75) is 38.1 Å². The molecular weight excluding hydrogens is 437 g/mol. The van der Waals surface area contributed by atoms with Crippen molar-refractivity contribution in [3.05, 3.63) is 75.0 Å². The highest BCUT2D eigenvalue weighted by molar-refractivity contribution is 6.42. The van der Waals surface area contributed by atoms with Crippen LogP contribution in [0.3, 0.4) is 0 Å². The van der Waals surface area contributed by atoms with Crippen molar-refractivity contribution in [3.63, 3.8) is 0 Å². The number of aromatic nitrogens is 2. The molecule has 1 unspecified atom stereocenters. The third-order valence-electron chi connectivity index (χ3n) is 6.18. The minimum atomic E-state index is -0.985. The van der Waals surface area contributed by atoms with E-state index in [0.29, 0.717) is 34.3 Å². The van der Waals surface area contributed by atoms with Crippen molar-refractivity contribution < 1.29 is 14.7 Å². The Morgan fingerprint density at radius 1 is 1.16 bits per heavy atom. The van der Waals surface area contributed by atoms with Crippen LogP contribution in [0.5, 0.6) is 0 Å². The highest BCUT2D eigenvalue weighted by atomic mass is 35.5. The Morgan fingerprint density at radius 2 is 1.90 bits per heavy atom. The maximum atomic E-state index is 14.0. The number of nitrogens with zero attached hydrogens (tertiary/aromatic N) is 3. The third-order valence-corrected chi connectivity index (χ3v) is 6.90. The quantitative estimate of drug-likeness (QED) is 0.599. The Kier molecular flexibility index (Phi) is 4.61. The number of carboxylic acids is 1. The molecule has 1 aliphatic carbocycles. The summed E-state index contributed by atoms with van der Waals surface area (Å²) in [5, 5.41) is 14.5. The second kappa shape index (κ2) is 7.11. The summed E-state index contributed by atoms with van der Waals surface area (Å²) in [7, 11) is 0. The van der Waals surface area contributed by atoms with Gasteiger partial charge in [-0.05, 0) is 60.2 Å². The lowest BCUT2D eigenvalue weighted by Crippen LogP contribution is -2.39.